The minimum atomic E-state index is -3.57. The predicted octanol–water partition coefficient (Wildman–Crippen LogP) is 4.90. The first-order valence-electron chi connectivity index (χ1n) is 10.1. The normalized spacial score (nSPS) is 11.1. The number of hydrogen-bond donors (Lipinski definition) is 2. The molecule has 0 radical (unpaired) electrons. The molecule has 0 aliphatic carbocycles. The average molecular weight is 494 g/mol. The number of benzene rings is 2. The highest BCUT2D eigenvalue weighted by Crippen LogP contribution is 2.26. The van der Waals surface area contributed by atoms with Crippen molar-refractivity contribution in [2.24, 2.45) is 0 Å². The number of carbonyl (C=O) groups excluding carboxylic acids is 1. The molecule has 10 heteroatoms. The van der Waals surface area contributed by atoms with Gasteiger partial charge in [0.1, 0.15) is 0 Å². The van der Waals surface area contributed by atoms with Crippen LogP contribution in [0.4, 0.5) is 17.3 Å². The monoisotopic (exact) mass is 493 g/mol. The Morgan fingerprint density at radius 2 is 1.85 bits per heavy atom. The van der Waals surface area contributed by atoms with Crippen LogP contribution < -0.4 is 10.6 Å². The molecule has 1 amide bonds. The fourth-order valence-electron chi connectivity index (χ4n) is 3.18. The van der Waals surface area contributed by atoms with Crippen molar-refractivity contribution in [1.29, 1.82) is 0 Å². The number of halogens is 1. The van der Waals surface area contributed by atoms with Gasteiger partial charge in [-0.25, -0.2) is 18.4 Å². The molecular formula is C24H20ClN5O3S. The number of aromatic nitrogens is 3. The lowest BCUT2D eigenvalue weighted by atomic mass is 10.1. The van der Waals surface area contributed by atoms with Crippen molar-refractivity contribution >= 4 is 44.7 Å². The summed E-state index contributed by atoms with van der Waals surface area (Å²) in [7, 11) is -3.57. The number of pyridine rings is 1. The molecule has 8 nitrogen and oxygen atoms in total. The van der Waals surface area contributed by atoms with Crippen LogP contribution in [0, 0.1) is 6.92 Å². The second kappa shape index (κ2) is 9.58. The zero-order valence-electron chi connectivity index (χ0n) is 18.3. The van der Waals surface area contributed by atoms with Crippen molar-refractivity contribution in [3.05, 3.63) is 89.3 Å². The van der Waals surface area contributed by atoms with Gasteiger partial charge in [0.15, 0.2) is 9.84 Å². The quantitative estimate of drug-likeness (QED) is 0.392. The smallest absolute Gasteiger partial charge is 0.255 e. The van der Waals surface area contributed by atoms with Crippen LogP contribution in [0.25, 0.3) is 11.3 Å². The summed E-state index contributed by atoms with van der Waals surface area (Å²) in [6, 6.07) is 15.0. The SMILES string of the molecule is Cc1ccc(NC(=O)c2ccc(Cl)c(S(C)(=O)=O)c2)cc1Nc1nccc(-c2cccnc2)n1. The summed E-state index contributed by atoms with van der Waals surface area (Å²) >= 11 is 5.98. The number of anilines is 3. The first-order chi connectivity index (χ1) is 16.2. The average Bonchev–Trinajstić information content (AvgIpc) is 2.81. The molecule has 172 valence electrons. The van der Waals surface area contributed by atoms with E-state index in [1.165, 1.54) is 18.2 Å². The van der Waals surface area contributed by atoms with E-state index < -0.39 is 15.7 Å². The van der Waals surface area contributed by atoms with E-state index >= 15 is 0 Å². The van der Waals surface area contributed by atoms with Crippen LogP contribution >= 0.6 is 11.6 Å². The lowest BCUT2D eigenvalue weighted by Gasteiger charge is -2.12. The van der Waals surface area contributed by atoms with E-state index in [-0.39, 0.29) is 15.5 Å². The fourth-order valence-corrected chi connectivity index (χ4v) is 4.48. The highest BCUT2D eigenvalue weighted by molar-refractivity contribution is 7.90. The molecule has 0 aliphatic heterocycles. The molecule has 4 rings (SSSR count). The lowest BCUT2D eigenvalue weighted by Crippen LogP contribution is -2.13. The number of aryl methyl sites for hydroxylation is 1. The van der Waals surface area contributed by atoms with Gasteiger partial charge in [-0.3, -0.25) is 9.78 Å². The Balaban J connectivity index is 1.56. The maximum Gasteiger partial charge on any atom is 0.255 e. The van der Waals surface area contributed by atoms with Crippen molar-refractivity contribution in [1.82, 2.24) is 15.0 Å². The summed E-state index contributed by atoms with van der Waals surface area (Å²) in [5, 5.41) is 6.03. The van der Waals surface area contributed by atoms with Crippen LogP contribution in [0.1, 0.15) is 15.9 Å². The molecule has 4 aromatic rings. The predicted molar refractivity (Wildman–Crippen MR) is 132 cm³/mol. The van der Waals surface area contributed by atoms with E-state index in [0.717, 1.165) is 23.1 Å². The molecular weight excluding hydrogens is 474 g/mol. The fraction of sp³-hybridized carbons (Fsp3) is 0.0833. The van der Waals surface area contributed by atoms with Crippen LogP contribution in [0.2, 0.25) is 5.02 Å². The van der Waals surface area contributed by atoms with E-state index in [2.05, 4.69) is 25.6 Å². The summed E-state index contributed by atoms with van der Waals surface area (Å²) in [4.78, 5) is 25.6. The first kappa shape index (κ1) is 23.3. The Bertz CT molecular complexity index is 1480. The van der Waals surface area contributed by atoms with Gasteiger partial charge in [0, 0.05) is 47.3 Å². The third kappa shape index (κ3) is 5.38. The number of rotatable bonds is 6. The van der Waals surface area contributed by atoms with Crippen molar-refractivity contribution in [3.63, 3.8) is 0 Å². The minimum Gasteiger partial charge on any atom is -0.324 e. The van der Waals surface area contributed by atoms with Gasteiger partial charge in [0.2, 0.25) is 5.95 Å². The van der Waals surface area contributed by atoms with Crippen LogP contribution in [-0.2, 0) is 9.84 Å². The number of amides is 1. The molecule has 0 unspecified atom stereocenters. The van der Waals surface area contributed by atoms with Crippen molar-refractivity contribution in [3.8, 4) is 11.3 Å². The van der Waals surface area contributed by atoms with Gasteiger partial charge in [-0.05, 0) is 61.0 Å². The molecule has 2 heterocycles. The Hall–Kier alpha value is -3.82. The molecule has 2 N–H and O–H groups in total. The minimum absolute atomic E-state index is 0.0642. The van der Waals surface area contributed by atoms with Crippen LogP contribution in [0.3, 0.4) is 0 Å². The van der Waals surface area contributed by atoms with E-state index in [1.807, 2.05) is 25.1 Å². The van der Waals surface area contributed by atoms with E-state index in [4.69, 9.17) is 11.6 Å². The maximum absolute atomic E-state index is 12.8. The highest BCUT2D eigenvalue weighted by atomic mass is 35.5. The van der Waals surface area contributed by atoms with Crippen molar-refractivity contribution in [2.45, 2.75) is 11.8 Å². The van der Waals surface area contributed by atoms with Crippen LogP contribution in [-0.4, -0.2) is 35.5 Å². The van der Waals surface area contributed by atoms with Gasteiger partial charge < -0.3 is 10.6 Å². The summed E-state index contributed by atoms with van der Waals surface area (Å²) in [5.41, 5.74) is 3.89. The zero-order chi connectivity index (χ0) is 24.3. The van der Waals surface area contributed by atoms with Gasteiger partial charge in [-0.15, -0.1) is 0 Å². The largest absolute Gasteiger partial charge is 0.324 e. The second-order valence-electron chi connectivity index (χ2n) is 7.53. The summed E-state index contributed by atoms with van der Waals surface area (Å²) in [6.07, 6.45) is 6.11. The topological polar surface area (TPSA) is 114 Å². The second-order valence-corrected chi connectivity index (χ2v) is 9.92. The number of carbonyl (C=O) groups is 1. The number of nitrogens with zero attached hydrogens (tertiary/aromatic N) is 3. The lowest BCUT2D eigenvalue weighted by molar-refractivity contribution is 0.102. The van der Waals surface area contributed by atoms with E-state index in [9.17, 15) is 13.2 Å². The molecule has 0 bridgehead atoms. The van der Waals surface area contributed by atoms with E-state index in [1.54, 1.807) is 36.8 Å². The Labute approximate surface area is 202 Å². The maximum atomic E-state index is 12.8. The molecule has 0 aliphatic rings. The summed E-state index contributed by atoms with van der Waals surface area (Å²) in [5.74, 6) is -0.0744. The van der Waals surface area contributed by atoms with Gasteiger partial charge in [0.25, 0.3) is 5.91 Å². The number of nitrogens with one attached hydrogen (secondary N) is 2. The van der Waals surface area contributed by atoms with Crippen LogP contribution in [0.15, 0.2) is 78.1 Å². The molecule has 0 saturated heterocycles. The first-order valence-corrected chi connectivity index (χ1v) is 12.4. The van der Waals surface area contributed by atoms with Gasteiger partial charge in [-0.2, -0.15) is 0 Å². The van der Waals surface area contributed by atoms with Crippen molar-refractivity contribution in [2.75, 3.05) is 16.9 Å². The number of sulfone groups is 1. The van der Waals surface area contributed by atoms with Crippen LogP contribution in [0.5, 0.6) is 0 Å². The third-order valence-electron chi connectivity index (χ3n) is 4.95. The molecule has 0 spiro atoms. The number of hydrogen-bond acceptors (Lipinski definition) is 7. The zero-order valence-corrected chi connectivity index (χ0v) is 19.9. The molecule has 2 aromatic heterocycles. The van der Waals surface area contributed by atoms with Gasteiger partial charge in [0.05, 0.1) is 15.6 Å². The summed E-state index contributed by atoms with van der Waals surface area (Å²) < 4.78 is 23.8. The molecule has 34 heavy (non-hydrogen) atoms. The molecule has 2 aromatic carbocycles. The Morgan fingerprint density at radius 1 is 1.03 bits per heavy atom. The molecule has 0 saturated carbocycles. The van der Waals surface area contributed by atoms with E-state index in [0.29, 0.717) is 17.3 Å². The molecule has 0 atom stereocenters. The molecule has 0 fully saturated rings. The standard InChI is InChI=1S/C24H20ClN5O3S/c1-15-5-7-18(28-23(31)16-6-8-19(25)22(12-16)34(2,32)33)13-21(15)30-24-27-11-9-20(29-24)17-4-3-10-26-14-17/h3-14H,1-2H3,(H,28,31)(H,27,29,30). The van der Waals surface area contributed by atoms with Gasteiger partial charge in [-0.1, -0.05) is 17.7 Å². The van der Waals surface area contributed by atoms with Gasteiger partial charge >= 0.3 is 0 Å². The highest BCUT2D eigenvalue weighted by Gasteiger charge is 2.16. The summed E-state index contributed by atoms with van der Waals surface area (Å²) in [6.45, 7) is 1.91. The third-order valence-corrected chi connectivity index (χ3v) is 6.53. The Kier molecular flexibility index (Phi) is 6.58. The van der Waals surface area contributed by atoms with Crippen molar-refractivity contribution < 1.29 is 13.2 Å². The Morgan fingerprint density at radius 3 is 2.59 bits per heavy atom.